The topological polar surface area (TPSA) is 135 Å². The van der Waals surface area contributed by atoms with Crippen molar-refractivity contribution in [3.63, 3.8) is 0 Å². The standard InChI is InChI=1S/C25H28N8O3/c1-4-16(20-10-13-33(5-2)30-20)28-24-26-12-9-19(29-24)17-7-6-8-18(27-17)21-15-22(36-31-21)25(35)11-14-32(3)23(25)34/h6-10,12-13,15-16,35H,4-5,11,14H2,1-3H3,(H,26,28,29). The molecule has 0 aliphatic carbocycles. The number of likely N-dealkylation sites (N-methyl/N-ethyl adjacent to an activating group) is 1. The van der Waals surface area contributed by atoms with Gasteiger partial charge in [-0.3, -0.25) is 9.48 Å². The molecule has 1 fully saturated rings. The molecule has 5 heterocycles. The van der Waals surface area contributed by atoms with Crippen LogP contribution in [0.4, 0.5) is 5.95 Å². The Kier molecular flexibility index (Phi) is 6.23. The van der Waals surface area contributed by atoms with Gasteiger partial charge in [0.2, 0.25) is 11.5 Å². The summed E-state index contributed by atoms with van der Waals surface area (Å²) in [7, 11) is 1.65. The lowest BCUT2D eigenvalue weighted by Gasteiger charge is -2.16. The lowest BCUT2D eigenvalue weighted by atomic mass is 9.98. The summed E-state index contributed by atoms with van der Waals surface area (Å²) in [6, 6.07) is 10.8. The van der Waals surface area contributed by atoms with Crippen LogP contribution in [0.1, 0.15) is 44.2 Å². The van der Waals surface area contributed by atoms with Gasteiger partial charge in [0, 0.05) is 45.0 Å². The Balaban J connectivity index is 1.38. The Morgan fingerprint density at radius 2 is 1.92 bits per heavy atom. The first-order valence-corrected chi connectivity index (χ1v) is 12.0. The van der Waals surface area contributed by atoms with Gasteiger partial charge >= 0.3 is 0 Å². The molecule has 0 aromatic carbocycles. The molecular formula is C25H28N8O3. The molecule has 0 saturated carbocycles. The predicted octanol–water partition coefficient (Wildman–Crippen LogP) is 3.02. The van der Waals surface area contributed by atoms with Crippen LogP contribution in [0.5, 0.6) is 0 Å². The van der Waals surface area contributed by atoms with Crippen molar-refractivity contribution in [3.8, 4) is 22.8 Å². The SMILES string of the molecule is CCC(Nc1nccc(-c2cccc(-c3cc(C4(O)CCN(C)C4=O)on3)n2)n1)c1ccn(CC)n1. The smallest absolute Gasteiger partial charge is 0.262 e. The van der Waals surface area contributed by atoms with Crippen molar-refractivity contribution < 1.29 is 14.4 Å². The number of aliphatic hydroxyl groups is 1. The van der Waals surface area contributed by atoms with Crippen molar-refractivity contribution in [2.45, 2.75) is 44.9 Å². The molecule has 36 heavy (non-hydrogen) atoms. The van der Waals surface area contributed by atoms with Crippen molar-refractivity contribution in [1.29, 1.82) is 0 Å². The van der Waals surface area contributed by atoms with Crippen LogP contribution in [0, 0.1) is 0 Å². The minimum absolute atomic E-state index is 0.0240. The van der Waals surface area contributed by atoms with Crippen LogP contribution in [0.25, 0.3) is 22.8 Å². The fourth-order valence-electron chi connectivity index (χ4n) is 4.24. The number of aromatic nitrogens is 6. The van der Waals surface area contributed by atoms with Crippen molar-refractivity contribution >= 4 is 11.9 Å². The van der Waals surface area contributed by atoms with E-state index >= 15 is 0 Å². The number of anilines is 1. The Labute approximate surface area is 208 Å². The number of likely N-dealkylation sites (tertiary alicyclic amines) is 1. The Morgan fingerprint density at radius 3 is 2.61 bits per heavy atom. The van der Waals surface area contributed by atoms with E-state index in [1.54, 1.807) is 31.4 Å². The predicted molar refractivity (Wildman–Crippen MR) is 131 cm³/mol. The van der Waals surface area contributed by atoms with Crippen molar-refractivity contribution in [2.75, 3.05) is 18.9 Å². The molecule has 0 radical (unpaired) electrons. The van der Waals surface area contributed by atoms with E-state index in [1.807, 2.05) is 36.0 Å². The number of rotatable bonds is 8. The zero-order chi connectivity index (χ0) is 25.3. The minimum Gasteiger partial charge on any atom is -0.373 e. The number of carbonyl (C=O) groups excluding carboxylic acids is 1. The number of nitrogens with one attached hydrogen (secondary N) is 1. The first-order chi connectivity index (χ1) is 17.4. The zero-order valence-electron chi connectivity index (χ0n) is 20.4. The minimum atomic E-state index is -1.70. The van der Waals surface area contributed by atoms with E-state index in [0.717, 1.165) is 18.7 Å². The average Bonchev–Trinajstić information content (AvgIpc) is 3.65. The van der Waals surface area contributed by atoms with Gasteiger partial charge in [0.1, 0.15) is 5.69 Å². The highest BCUT2D eigenvalue weighted by molar-refractivity contribution is 5.87. The normalized spacial score (nSPS) is 18.6. The molecule has 0 spiro atoms. The third kappa shape index (κ3) is 4.33. The summed E-state index contributed by atoms with van der Waals surface area (Å²) in [5.74, 6) is 0.191. The summed E-state index contributed by atoms with van der Waals surface area (Å²) in [5.41, 5.74) is 1.46. The second kappa shape index (κ2) is 9.50. The Bertz CT molecular complexity index is 1380. The lowest BCUT2D eigenvalue weighted by molar-refractivity contribution is -0.144. The maximum Gasteiger partial charge on any atom is 0.262 e. The van der Waals surface area contributed by atoms with Crippen molar-refractivity contribution in [1.82, 2.24) is 34.8 Å². The summed E-state index contributed by atoms with van der Waals surface area (Å²) in [6.07, 6.45) is 4.71. The molecule has 1 saturated heterocycles. The first-order valence-electron chi connectivity index (χ1n) is 12.0. The van der Waals surface area contributed by atoms with Gasteiger partial charge in [-0.2, -0.15) is 5.10 Å². The van der Waals surface area contributed by atoms with Gasteiger partial charge < -0.3 is 19.8 Å². The van der Waals surface area contributed by atoms with Gasteiger partial charge in [-0.05, 0) is 37.6 Å². The maximum atomic E-state index is 12.4. The van der Waals surface area contributed by atoms with Crippen LogP contribution in [0.15, 0.2) is 53.3 Å². The van der Waals surface area contributed by atoms with Gasteiger partial charge in [0.15, 0.2) is 5.76 Å². The van der Waals surface area contributed by atoms with Crippen molar-refractivity contribution in [2.24, 2.45) is 0 Å². The largest absolute Gasteiger partial charge is 0.373 e. The van der Waals surface area contributed by atoms with E-state index in [9.17, 15) is 9.90 Å². The summed E-state index contributed by atoms with van der Waals surface area (Å²) >= 11 is 0. The molecule has 5 rings (SSSR count). The molecule has 1 amide bonds. The zero-order valence-corrected chi connectivity index (χ0v) is 20.4. The number of aryl methyl sites for hydroxylation is 1. The van der Waals surface area contributed by atoms with Crippen LogP contribution in [0.2, 0.25) is 0 Å². The highest BCUT2D eigenvalue weighted by Crippen LogP contribution is 2.34. The summed E-state index contributed by atoms with van der Waals surface area (Å²) in [4.78, 5) is 27.6. The fraction of sp³-hybridized carbons (Fsp3) is 0.360. The maximum absolute atomic E-state index is 12.4. The van der Waals surface area contributed by atoms with E-state index in [4.69, 9.17) is 4.52 Å². The Morgan fingerprint density at radius 1 is 1.14 bits per heavy atom. The van der Waals surface area contributed by atoms with E-state index in [0.29, 0.717) is 35.3 Å². The second-order valence-corrected chi connectivity index (χ2v) is 8.79. The van der Waals surface area contributed by atoms with Gasteiger partial charge in [-0.15, -0.1) is 0 Å². The second-order valence-electron chi connectivity index (χ2n) is 8.79. The number of hydrogen-bond acceptors (Lipinski definition) is 9. The molecule has 11 nitrogen and oxygen atoms in total. The number of amides is 1. The third-order valence-corrected chi connectivity index (χ3v) is 6.41. The van der Waals surface area contributed by atoms with Gasteiger partial charge in [-0.25, -0.2) is 15.0 Å². The van der Waals surface area contributed by atoms with Gasteiger partial charge in [0.05, 0.1) is 28.8 Å². The molecule has 4 aromatic heterocycles. The van der Waals surface area contributed by atoms with E-state index in [-0.39, 0.29) is 18.2 Å². The first kappa shape index (κ1) is 23.6. The Hall–Kier alpha value is -4.12. The fourth-order valence-corrected chi connectivity index (χ4v) is 4.24. The highest BCUT2D eigenvalue weighted by Gasteiger charge is 2.48. The summed E-state index contributed by atoms with van der Waals surface area (Å²) in [6.45, 7) is 5.39. The molecule has 1 aliphatic rings. The van der Waals surface area contributed by atoms with Crippen LogP contribution >= 0.6 is 0 Å². The summed E-state index contributed by atoms with van der Waals surface area (Å²) in [5, 5.41) is 22.9. The molecule has 2 unspecified atom stereocenters. The van der Waals surface area contributed by atoms with Crippen molar-refractivity contribution in [3.05, 3.63) is 60.2 Å². The third-order valence-electron chi connectivity index (χ3n) is 6.41. The monoisotopic (exact) mass is 488 g/mol. The number of pyridine rings is 1. The van der Waals surface area contributed by atoms with Crippen LogP contribution < -0.4 is 5.32 Å². The van der Waals surface area contributed by atoms with Crippen LogP contribution in [-0.4, -0.2) is 59.4 Å². The van der Waals surface area contributed by atoms with Crippen LogP contribution in [-0.2, 0) is 16.9 Å². The average molecular weight is 489 g/mol. The number of carbonyl (C=O) groups is 1. The van der Waals surface area contributed by atoms with E-state index < -0.39 is 11.5 Å². The lowest BCUT2D eigenvalue weighted by Crippen LogP contribution is -2.35. The number of nitrogens with zero attached hydrogens (tertiary/aromatic N) is 7. The van der Waals surface area contributed by atoms with E-state index in [2.05, 4.69) is 37.4 Å². The molecule has 11 heteroatoms. The quantitative estimate of drug-likeness (QED) is 0.384. The summed E-state index contributed by atoms with van der Waals surface area (Å²) < 4.78 is 7.26. The molecule has 186 valence electrons. The van der Waals surface area contributed by atoms with Gasteiger partial charge in [-0.1, -0.05) is 18.1 Å². The van der Waals surface area contributed by atoms with Gasteiger partial charge in [0.25, 0.3) is 5.91 Å². The number of hydrogen-bond donors (Lipinski definition) is 2. The molecule has 4 aromatic rings. The molecule has 0 bridgehead atoms. The molecule has 1 aliphatic heterocycles. The molecule has 2 N–H and O–H groups in total. The van der Waals surface area contributed by atoms with Crippen LogP contribution in [0.3, 0.4) is 0 Å². The van der Waals surface area contributed by atoms with E-state index in [1.165, 1.54) is 4.90 Å². The molecule has 2 atom stereocenters. The highest BCUT2D eigenvalue weighted by atomic mass is 16.5. The molecular weight excluding hydrogens is 460 g/mol.